The molecule has 0 radical (unpaired) electrons. The largest absolute Gasteiger partial charge is 0.494 e. The smallest absolute Gasteiger partial charge is 0.130 e. The highest BCUT2D eigenvalue weighted by atomic mass is 16.5. The van der Waals surface area contributed by atoms with Gasteiger partial charge in [-0.1, -0.05) is 25.5 Å². The maximum Gasteiger partial charge on any atom is 0.130 e. The van der Waals surface area contributed by atoms with Crippen molar-refractivity contribution in [3.63, 3.8) is 0 Å². The van der Waals surface area contributed by atoms with Crippen molar-refractivity contribution in [2.75, 3.05) is 6.61 Å². The molecule has 0 fully saturated rings. The summed E-state index contributed by atoms with van der Waals surface area (Å²) in [6.07, 6.45) is 3.68. The van der Waals surface area contributed by atoms with E-state index < -0.39 is 0 Å². The maximum absolute atomic E-state index is 10.8. The molecule has 0 aliphatic carbocycles. The molecule has 0 atom stereocenters. The Morgan fingerprint density at radius 2 is 1.94 bits per heavy atom. The minimum Gasteiger partial charge on any atom is -0.494 e. The van der Waals surface area contributed by atoms with Crippen LogP contribution in [0.1, 0.15) is 38.7 Å². The zero-order valence-electron chi connectivity index (χ0n) is 10.2. The van der Waals surface area contributed by atoms with Crippen LogP contribution < -0.4 is 4.74 Å². The summed E-state index contributed by atoms with van der Waals surface area (Å²) in [4.78, 5) is 10.8. The standard InChI is InChI=1S/C14H20O2/c1-3-4-11-16-14-9-7-13(8-10-14)6-5-12(2)15/h7-10H,3-6,11H2,1-2H3. The second kappa shape index (κ2) is 7.04. The lowest BCUT2D eigenvalue weighted by atomic mass is 10.1. The van der Waals surface area contributed by atoms with Gasteiger partial charge in [-0.05, 0) is 37.5 Å². The number of carbonyl (C=O) groups is 1. The van der Waals surface area contributed by atoms with E-state index in [2.05, 4.69) is 6.92 Å². The molecule has 0 aliphatic heterocycles. The van der Waals surface area contributed by atoms with Crippen molar-refractivity contribution in [1.29, 1.82) is 0 Å². The van der Waals surface area contributed by atoms with Crippen LogP contribution in [0.3, 0.4) is 0 Å². The first-order chi connectivity index (χ1) is 7.72. The van der Waals surface area contributed by atoms with Gasteiger partial charge in [0.2, 0.25) is 0 Å². The molecule has 0 heterocycles. The number of rotatable bonds is 7. The lowest BCUT2D eigenvalue weighted by molar-refractivity contribution is -0.116. The normalized spacial score (nSPS) is 10.1. The number of aryl methyl sites for hydroxylation is 1. The Morgan fingerprint density at radius 3 is 2.50 bits per heavy atom. The first-order valence-corrected chi connectivity index (χ1v) is 5.93. The van der Waals surface area contributed by atoms with Crippen LogP contribution >= 0.6 is 0 Å². The Labute approximate surface area is 97.6 Å². The molecule has 16 heavy (non-hydrogen) atoms. The highest BCUT2D eigenvalue weighted by molar-refractivity contribution is 5.75. The van der Waals surface area contributed by atoms with Crippen LogP contribution in [0.25, 0.3) is 0 Å². The summed E-state index contributed by atoms with van der Waals surface area (Å²) in [5.74, 6) is 1.16. The van der Waals surface area contributed by atoms with Crippen LogP contribution in [0, 0.1) is 0 Å². The van der Waals surface area contributed by atoms with Crippen molar-refractivity contribution in [2.24, 2.45) is 0 Å². The fourth-order valence-corrected chi connectivity index (χ4v) is 1.41. The molecule has 1 aromatic carbocycles. The van der Waals surface area contributed by atoms with Crippen molar-refractivity contribution in [3.8, 4) is 5.75 Å². The van der Waals surface area contributed by atoms with Crippen molar-refractivity contribution in [2.45, 2.75) is 39.5 Å². The molecule has 0 aliphatic rings. The zero-order valence-corrected chi connectivity index (χ0v) is 10.2. The van der Waals surface area contributed by atoms with Gasteiger partial charge in [0, 0.05) is 6.42 Å². The van der Waals surface area contributed by atoms with E-state index in [1.165, 1.54) is 5.56 Å². The average Bonchev–Trinajstić information content (AvgIpc) is 2.28. The van der Waals surface area contributed by atoms with Crippen LogP contribution in [-0.2, 0) is 11.2 Å². The number of benzene rings is 1. The predicted molar refractivity (Wildman–Crippen MR) is 65.8 cm³/mol. The quantitative estimate of drug-likeness (QED) is 0.658. The molecule has 2 heteroatoms. The van der Waals surface area contributed by atoms with Gasteiger partial charge in [0.25, 0.3) is 0 Å². The van der Waals surface area contributed by atoms with Crippen molar-refractivity contribution in [3.05, 3.63) is 29.8 Å². The summed E-state index contributed by atoms with van der Waals surface area (Å²) in [6.45, 7) is 4.56. The lowest BCUT2D eigenvalue weighted by Crippen LogP contribution is -1.97. The molecular formula is C14H20O2. The molecule has 1 aromatic rings. The summed E-state index contributed by atoms with van der Waals surface area (Å²) in [7, 11) is 0. The van der Waals surface area contributed by atoms with Gasteiger partial charge in [-0.25, -0.2) is 0 Å². The van der Waals surface area contributed by atoms with E-state index in [0.717, 1.165) is 31.6 Å². The van der Waals surface area contributed by atoms with Gasteiger partial charge in [0.05, 0.1) is 6.61 Å². The van der Waals surface area contributed by atoms with Gasteiger partial charge < -0.3 is 9.53 Å². The molecule has 0 aromatic heterocycles. The Hall–Kier alpha value is -1.31. The molecule has 0 saturated carbocycles. The Bertz CT molecular complexity index is 314. The van der Waals surface area contributed by atoms with Crippen molar-refractivity contribution >= 4 is 5.78 Å². The van der Waals surface area contributed by atoms with E-state index >= 15 is 0 Å². The Morgan fingerprint density at radius 1 is 1.25 bits per heavy atom. The Kier molecular flexibility index (Phi) is 5.62. The lowest BCUT2D eigenvalue weighted by Gasteiger charge is -2.06. The molecule has 0 bridgehead atoms. The van der Waals surface area contributed by atoms with E-state index in [0.29, 0.717) is 6.42 Å². The zero-order chi connectivity index (χ0) is 11.8. The van der Waals surface area contributed by atoms with Crippen LogP contribution in [0.15, 0.2) is 24.3 Å². The monoisotopic (exact) mass is 220 g/mol. The molecule has 0 N–H and O–H groups in total. The number of ketones is 1. The number of ether oxygens (including phenoxy) is 1. The van der Waals surface area contributed by atoms with Crippen LogP contribution in [0.2, 0.25) is 0 Å². The second-order valence-corrected chi connectivity index (χ2v) is 4.05. The number of hydrogen-bond donors (Lipinski definition) is 0. The third kappa shape index (κ3) is 4.96. The minimum absolute atomic E-state index is 0.239. The third-order valence-corrected chi connectivity index (χ3v) is 2.46. The SMILES string of the molecule is CCCCOc1ccc(CCC(C)=O)cc1. The summed E-state index contributed by atoms with van der Waals surface area (Å²) < 4.78 is 5.56. The van der Waals surface area contributed by atoms with Gasteiger partial charge >= 0.3 is 0 Å². The fraction of sp³-hybridized carbons (Fsp3) is 0.500. The third-order valence-electron chi connectivity index (χ3n) is 2.46. The number of Topliss-reactive ketones (excluding diaryl/α,β-unsaturated/α-hetero) is 1. The minimum atomic E-state index is 0.239. The summed E-state index contributed by atoms with van der Waals surface area (Å²) in [5.41, 5.74) is 1.19. The van der Waals surface area contributed by atoms with Gasteiger partial charge in [-0.15, -0.1) is 0 Å². The highest BCUT2D eigenvalue weighted by Gasteiger charge is 1.98. The number of carbonyl (C=O) groups excluding carboxylic acids is 1. The highest BCUT2D eigenvalue weighted by Crippen LogP contribution is 2.13. The first kappa shape index (κ1) is 12.8. The number of hydrogen-bond acceptors (Lipinski definition) is 2. The van der Waals surface area contributed by atoms with E-state index in [4.69, 9.17) is 4.74 Å². The van der Waals surface area contributed by atoms with Gasteiger partial charge in [-0.3, -0.25) is 0 Å². The van der Waals surface area contributed by atoms with Gasteiger partial charge in [0.1, 0.15) is 11.5 Å². The van der Waals surface area contributed by atoms with Crippen LogP contribution in [-0.4, -0.2) is 12.4 Å². The number of unbranched alkanes of at least 4 members (excludes halogenated alkanes) is 1. The predicted octanol–water partition coefficient (Wildman–Crippen LogP) is 3.39. The molecule has 0 spiro atoms. The van der Waals surface area contributed by atoms with Gasteiger partial charge in [0.15, 0.2) is 0 Å². The van der Waals surface area contributed by atoms with Gasteiger partial charge in [-0.2, -0.15) is 0 Å². The maximum atomic E-state index is 10.8. The second-order valence-electron chi connectivity index (χ2n) is 4.05. The van der Waals surface area contributed by atoms with Crippen molar-refractivity contribution < 1.29 is 9.53 Å². The van der Waals surface area contributed by atoms with E-state index in [1.54, 1.807) is 6.92 Å². The molecule has 1 rings (SSSR count). The molecule has 0 amide bonds. The average molecular weight is 220 g/mol. The van der Waals surface area contributed by atoms with E-state index in [1.807, 2.05) is 24.3 Å². The molecule has 0 saturated heterocycles. The molecule has 0 unspecified atom stereocenters. The Balaban J connectivity index is 2.38. The fourth-order valence-electron chi connectivity index (χ4n) is 1.41. The van der Waals surface area contributed by atoms with Crippen molar-refractivity contribution in [1.82, 2.24) is 0 Å². The van der Waals surface area contributed by atoms with E-state index in [-0.39, 0.29) is 5.78 Å². The van der Waals surface area contributed by atoms with E-state index in [9.17, 15) is 4.79 Å². The van der Waals surface area contributed by atoms with Crippen LogP contribution in [0.5, 0.6) is 5.75 Å². The molecular weight excluding hydrogens is 200 g/mol. The molecule has 2 nitrogen and oxygen atoms in total. The molecule has 88 valence electrons. The first-order valence-electron chi connectivity index (χ1n) is 5.93. The topological polar surface area (TPSA) is 26.3 Å². The summed E-state index contributed by atoms with van der Waals surface area (Å²) in [5, 5.41) is 0. The summed E-state index contributed by atoms with van der Waals surface area (Å²) in [6, 6.07) is 8.02. The summed E-state index contributed by atoms with van der Waals surface area (Å²) >= 11 is 0. The van der Waals surface area contributed by atoms with Crippen LogP contribution in [0.4, 0.5) is 0 Å².